The molecule has 4 nitrogen and oxygen atoms in total. The molecule has 0 atom stereocenters. The number of aliphatic hydroxyl groups excluding tert-OH is 1. The van der Waals surface area contributed by atoms with Crippen molar-refractivity contribution in [1.82, 2.24) is 4.90 Å². The van der Waals surface area contributed by atoms with E-state index in [1.807, 2.05) is 0 Å². The third-order valence-electron chi connectivity index (χ3n) is 2.74. The Hall–Kier alpha value is -1.53. The average molecular weight is 287 g/mol. The molecule has 0 heterocycles. The molecular weight excluding hydrogens is 268 g/mol. The first-order chi connectivity index (χ1) is 9.54. The molecule has 6 heteroatoms. The Morgan fingerprint density at radius 3 is 2.65 bits per heavy atom. The van der Waals surface area contributed by atoms with Crippen LogP contribution in [0, 0.1) is 0 Å². The lowest BCUT2D eigenvalue weighted by Gasteiger charge is -2.21. The van der Waals surface area contributed by atoms with Crippen molar-refractivity contribution in [3.05, 3.63) is 29.8 Å². The van der Waals surface area contributed by atoms with Gasteiger partial charge in [0.2, 0.25) is 0 Å². The van der Waals surface area contributed by atoms with Crippen LogP contribution in [-0.2, 0) is 0 Å². The van der Waals surface area contributed by atoms with E-state index < -0.39 is 13.0 Å². The van der Waals surface area contributed by atoms with Gasteiger partial charge >= 0.3 is 0 Å². The number of aliphatic hydroxyl groups is 1. The molecule has 112 valence electrons. The molecule has 0 bridgehead atoms. The molecule has 0 aliphatic heterocycles. The molecule has 0 spiro atoms. The summed E-state index contributed by atoms with van der Waals surface area (Å²) in [6, 6.07) is 6.80. The zero-order valence-corrected chi connectivity index (χ0v) is 11.4. The quantitative estimate of drug-likeness (QED) is 0.704. The molecule has 0 unspecified atom stereocenters. The Morgan fingerprint density at radius 1 is 1.35 bits per heavy atom. The van der Waals surface area contributed by atoms with Gasteiger partial charge in [-0.05, 0) is 19.1 Å². The first-order valence-corrected chi connectivity index (χ1v) is 6.38. The van der Waals surface area contributed by atoms with Crippen LogP contribution in [0.4, 0.5) is 8.78 Å². The number of halogens is 2. The normalized spacial score (nSPS) is 11.1. The van der Waals surface area contributed by atoms with Crippen molar-refractivity contribution < 1.29 is 23.4 Å². The fraction of sp³-hybridized carbons (Fsp3) is 0.500. The summed E-state index contributed by atoms with van der Waals surface area (Å²) < 4.78 is 30.1. The molecule has 0 fully saturated rings. The molecule has 0 saturated carbocycles. The maximum Gasteiger partial charge on any atom is 0.251 e. The average Bonchev–Trinajstić information content (AvgIpc) is 2.38. The van der Waals surface area contributed by atoms with Crippen LogP contribution in [0.25, 0.3) is 0 Å². The molecule has 20 heavy (non-hydrogen) atoms. The molecule has 1 rings (SSSR count). The summed E-state index contributed by atoms with van der Waals surface area (Å²) in [5.74, 6) is 0.335. The lowest BCUT2D eigenvalue weighted by molar-refractivity contribution is 0.0708. The van der Waals surface area contributed by atoms with Gasteiger partial charge in [-0.2, -0.15) is 0 Å². The number of rotatable bonds is 9. The number of hydrogen-bond acceptors (Lipinski definition) is 4. The van der Waals surface area contributed by atoms with Crippen molar-refractivity contribution >= 4 is 5.78 Å². The highest BCUT2D eigenvalue weighted by Gasteiger charge is 2.12. The van der Waals surface area contributed by atoms with Crippen molar-refractivity contribution in [3.63, 3.8) is 0 Å². The second-order valence-corrected chi connectivity index (χ2v) is 4.32. The largest absolute Gasteiger partial charge is 0.491 e. The van der Waals surface area contributed by atoms with Gasteiger partial charge in [0.15, 0.2) is 5.78 Å². The molecule has 0 amide bonds. The van der Waals surface area contributed by atoms with Crippen LogP contribution in [0.1, 0.15) is 17.3 Å². The Bertz CT molecular complexity index is 427. The van der Waals surface area contributed by atoms with E-state index >= 15 is 0 Å². The Morgan fingerprint density at radius 2 is 2.05 bits per heavy atom. The Balaban J connectivity index is 2.52. The van der Waals surface area contributed by atoms with Crippen LogP contribution in [0.2, 0.25) is 0 Å². The minimum atomic E-state index is -2.45. The summed E-state index contributed by atoms with van der Waals surface area (Å²) in [7, 11) is 0. The van der Waals surface area contributed by atoms with E-state index in [0.717, 1.165) is 0 Å². The van der Waals surface area contributed by atoms with Crippen LogP contribution in [0.3, 0.4) is 0 Å². The van der Waals surface area contributed by atoms with Crippen LogP contribution >= 0.6 is 0 Å². The van der Waals surface area contributed by atoms with Gasteiger partial charge in [0.25, 0.3) is 6.43 Å². The van der Waals surface area contributed by atoms with Crippen molar-refractivity contribution in [1.29, 1.82) is 0 Å². The van der Waals surface area contributed by atoms with E-state index in [-0.39, 0.29) is 32.1 Å². The number of hydrogen-bond donors (Lipinski definition) is 1. The van der Waals surface area contributed by atoms with Crippen LogP contribution < -0.4 is 4.74 Å². The van der Waals surface area contributed by atoms with Crippen LogP contribution in [0.15, 0.2) is 24.3 Å². The van der Waals surface area contributed by atoms with Crippen molar-refractivity contribution in [2.45, 2.75) is 13.3 Å². The van der Waals surface area contributed by atoms with Gasteiger partial charge in [0.05, 0.1) is 18.7 Å². The minimum absolute atomic E-state index is 0.111. The Labute approximate surface area is 117 Å². The van der Waals surface area contributed by atoms with Crippen molar-refractivity contribution in [2.24, 2.45) is 0 Å². The molecule has 1 N–H and O–H groups in total. The summed E-state index contributed by atoms with van der Waals surface area (Å²) in [4.78, 5) is 12.8. The van der Waals surface area contributed by atoms with Gasteiger partial charge in [-0.3, -0.25) is 9.69 Å². The fourth-order valence-corrected chi connectivity index (χ4v) is 1.80. The molecule has 0 radical (unpaired) electrons. The maximum atomic E-state index is 12.3. The van der Waals surface area contributed by atoms with E-state index in [9.17, 15) is 13.6 Å². The molecule has 0 aliphatic rings. The van der Waals surface area contributed by atoms with Crippen LogP contribution in [-0.4, -0.2) is 55.1 Å². The van der Waals surface area contributed by atoms with Gasteiger partial charge in [0, 0.05) is 13.1 Å². The molecule has 0 aromatic heterocycles. The number of ether oxygens (including phenoxy) is 1. The van der Waals surface area contributed by atoms with Gasteiger partial charge < -0.3 is 9.84 Å². The summed E-state index contributed by atoms with van der Waals surface area (Å²) in [6.07, 6.45) is -2.45. The fourth-order valence-electron chi connectivity index (χ4n) is 1.80. The summed E-state index contributed by atoms with van der Waals surface area (Å²) in [6.45, 7) is 1.46. The van der Waals surface area contributed by atoms with Crippen molar-refractivity contribution in [2.75, 3.05) is 32.8 Å². The number of carbonyl (C=O) groups excluding carboxylic acids is 1. The second kappa shape index (κ2) is 8.60. The SMILES string of the molecule is CC(=O)c1ccccc1OCCN(CCO)CC(F)F. The third-order valence-corrected chi connectivity index (χ3v) is 2.74. The number of nitrogens with zero attached hydrogens (tertiary/aromatic N) is 1. The van der Waals surface area contributed by atoms with E-state index in [1.54, 1.807) is 24.3 Å². The number of para-hydroxylation sites is 1. The van der Waals surface area contributed by atoms with Gasteiger partial charge in [-0.25, -0.2) is 8.78 Å². The highest BCUT2D eigenvalue weighted by Crippen LogP contribution is 2.18. The van der Waals surface area contributed by atoms with E-state index in [1.165, 1.54) is 11.8 Å². The third kappa shape index (κ3) is 5.63. The smallest absolute Gasteiger partial charge is 0.251 e. The standard InChI is InChI=1S/C14H19F2NO3/c1-11(19)12-4-2-3-5-13(12)20-9-7-17(6-8-18)10-14(15)16/h2-5,14,18H,6-10H2,1H3. The summed E-state index contributed by atoms with van der Waals surface area (Å²) in [5, 5.41) is 8.81. The number of Topliss-reactive ketones (excluding diaryl/α,β-unsaturated/α-hetero) is 1. The van der Waals surface area contributed by atoms with E-state index in [0.29, 0.717) is 11.3 Å². The predicted octanol–water partition coefficient (Wildman–Crippen LogP) is 1.83. The zero-order valence-electron chi connectivity index (χ0n) is 11.4. The number of benzene rings is 1. The van der Waals surface area contributed by atoms with Gasteiger partial charge in [-0.1, -0.05) is 12.1 Å². The first-order valence-electron chi connectivity index (χ1n) is 6.38. The summed E-state index contributed by atoms with van der Waals surface area (Å²) >= 11 is 0. The molecule has 0 saturated heterocycles. The topological polar surface area (TPSA) is 49.8 Å². The highest BCUT2D eigenvalue weighted by molar-refractivity contribution is 5.96. The molecule has 1 aromatic carbocycles. The molecule has 0 aliphatic carbocycles. The van der Waals surface area contributed by atoms with Gasteiger partial charge in [0.1, 0.15) is 12.4 Å². The monoisotopic (exact) mass is 287 g/mol. The van der Waals surface area contributed by atoms with E-state index in [2.05, 4.69) is 0 Å². The lowest BCUT2D eigenvalue weighted by Crippen LogP contribution is -2.35. The molecule has 1 aromatic rings. The predicted molar refractivity (Wildman–Crippen MR) is 71.5 cm³/mol. The number of carbonyl (C=O) groups is 1. The van der Waals surface area contributed by atoms with Crippen LogP contribution in [0.5, 0.6) is 5.75 Å². The lowest BCUT2D eigenvalue weighted by atomic mass is 10.1. The second-order valence-electron chi connectivity index (χ2n) is 4.32. The number of ketones is 1. The zero-order chi connectivity index (χ0) is 15.0. The minimum Gasteiger partial charge on any atom is -0.491 e. The van der Waals surface area contributed by atoms with Crippen molar-refractivity contribution in [3.8, 4) is 5.75 Å². The maximum absolute atomic E-state index is 12.3. The Kier molecular flexibility index (Phi) is 7.11. The number of alkyl halides is 2. The van der Waals surface area contributed by atoms with Gasteiger partial charge in [-0.15, -0.1) is 0 Å². The molecular formula is C14H19F2NO3. The summed E-state index contributed by atoms with van der Waals surface area (Å²) in [5.41, 5.74) is 0.468. The first kappa shape index (κ1) is 16.5. The van der Waals surface area contributed by atoms with E-state index in [4.69, 9.17) is 9.84 Å². The highest BCUT2D eigenvalue weighted by atomic mass is 19.3.